The summed E-state index contributed by atoms with van der Waals surface area (Å²) in [6.07, 6.45) is 0. The molecule has 0 heterocycles. The monoisotopic (exact) mass is 233 g/mol. The molecule has 5 nitrogen and oxygen atoms in total. The van der Waals surface area contributed by atoms with Gasteiger partial charge in [0.1, 0.15) is 0 Å². The van der Waals surface area contributed by atoms with Crippen LogP contribution in [0.3, 0.4) is 0 Å². The number of nitrogens with two attached hydrogens (primary N) is 1. The van der Waals surface area contributed by atoms with Gasteiger partial charge in [0.05, 0.1) is 11.6 Å². The Labute approximate surface area is 97.7 Å². The molecule has 0 unspecified atom stereocenters. The van der Waals surface area contributed by atoms with Crippen LogP contribution in [0, 0.1) is 22.1 Å². The average Bonchev–Trinajstić information content (AvgIpc) is 2.26. The lowest BCUT2D eigenvalue weighted by atomic mass is 10.2. The zero-order valence-electron chi connectivity index (χ0n) is 8.45. The summed E-state index contributed by atoms with van der Waals surface area (Å²) in [5.74, 6) is 0.363. The molecule has 6 heteroatoms. The molecule has 5 N–H and O–H groups in total. The molecular formula is C10H11N5S. The maximum atomic E-state index is 8.61. The van der Waals surface area contributed by atoms with Gasteiger partial charge in [-0.2, -0.15) is 5.26 Å². The predicted molar refractivity (Wildman–Crippen MR) is 65.2 cm³/mol. The molecule has 0 amide bonds. The van der Waals surface area contributed by atoms with Crippen molar-refractivity contribution in [3.63, 3.8) is 0 Å². The lowest BCUT2D eigenvalue weighted by Crippen LogP contribution is -2.33. The standard InChI is InChI=1S/C10H11N5S/c11-5-7-1-3-8(4-2-7)6-16-10(14)15-9(12)13/h1-4H,6H2,(H5,12,13,14,15). The van der Waals surface area contributed by atoms with E-state index in [0.29, 0.717) is 11.3 Å². The second kappa shape index (κ2) is 5.78. The van der Waals surface area contributed by atoms with Gasteiger partial charge in [-0.05, 0) is 17.7 Å². The number of rotatable bonds is 2. The highest BCUT2D eigenvalue weighted by Gasteiger charge is 2.00. The van der Waals surface area contributed by atoms with Crippen molar-refractivity contribution in [1.29, 1.82) is 16.1 Å². The third-order valence-electron chi connectivity index (χ3n) is 1.71. The minimum absolute atomic E-state index is 0.136. The number of nitriles is 1. The van der Waals surface area contributed by atoms with Crippen molar-refractivity contribution in [2.75, 3.05) is 0 Å². The van der Waals surface area contributed by atoms with Gasteiger partial charge in [-0.25, -0.2) is 0 Å². The number of amidine groups is 1. The Hall–Kier alpha value is -2.00. The normalized spacial score (nSPS) is 9.19. The zero-order valence-corrected chi connectivity index (χ0v) is 9.27. The number of hydrogen-bond donors (Lipinski definition) is 4. The molecule has 0 radical (unpaired) electrons. The van der Waals surface area contributed by atoms with E-state index in [1.54, 1.807) is 12.1 Å². The summed E-state index contributed by atoms with van der Waals surface area (Å²) in [7, 11) is 0. The molecule has 0 bridgehead atoms. The number of thioether (sulfide) groups is 1. The van der Waals surface area contributed by atoms with Gasteiger partial charge in [-0.3, -0.25) is 10.8 Å². The van der Waals surface area contributed by atoms with Crippen LogP contribution in [0.5, 0.6) is 0 Å². The van der Waals surface area contributed by atoms with Gasteiger partial charge in [0.15, 0.2) is 11.1 Å². The van der Waals surface area contributed by atoms with Crippen LogP contribution in [0.1, 0.15) is 11.1 Å². The number of nitrogens with zero attached hydrogens (tertiary/aromatic N) is 1. The smallest absolute Gasteiger partial charge is 0.191 e. The van der Waals surface area contributed by atoms with Crippen molar-refractivity contribution in [3.05, 3.63) is 35.4 Å². The summed E-state index contributed by atoms with van der Waals surface area (Å²) in [5.41, 5.74) is 6.71. The minimum Gasteiger partial charge on any atom is -0.370 e. The van der Waals surface area contributed by atoms with E-state index < -0.39 is 0 Å². The minimum atomic E-state index is -0.239. The molecule has 0 aliphatic rings. The lowest BCUT2D eigenvalue weighted by Gasteiger charge is -2.04. The van der Waals surface area contributed by atoms with Crippen LogP contribution >= 0.6 is 11.8 Å². The topological polar surface area (TPSA) is 110 Å². The van der Waals surface area contributed by atoms with E-state index in [0.717, 1.165) is 5.56 Å². The quantitative estimate of drug-likeness (QED) is 0.454. The summed E-state index contributed by atoms with van der Waals surface area (Å²) in [6.45, 7) is 0. The van der Waals surface area contributed by atoms with Crippen LogP contribution in [0.15, 0.2) is 24.3 Å². The molecule has 0 atom stereocenters. The van der Waals surface area contributed by atoms with Crippen LogP contribution in [0.4, 0.5) is 0 Å². The predicted octanol–water partition coefficient (Wildman–Crippen LogP) is 1.21. The average molecular weight is 233 g/mol. The van der Waals surface area contributed by atoms with Crippen molar-refractivity contribution in [2.45, 2.75) is 5.75 Å². The zero-order chi connectivity index (χ0) is 12.0. The van der Waals surface area contributed by atoms with Crippen LogP contribution < -0.4 is 11.1 Å². The van der Waals surface area contributed by atoms with E-state index in [1.807, 2.05) is 18.2 Å². The third-order valence-corrected chi connectivity index (χ3v) is 2.58. The largest absolute Gasteiger partial charge is 0.370 e. The van der Waals surface area contributed by atoms with E-state index in [9.17, 15) is 0 Å². The highest BCUT2D eigenvalue weighted by atomic mass is 32.2. The van der Waals surface area contributed by atoms with E-state index in [1.165, 1.54) is 11.8 Å². The van der Waals surface area contributed by atoms with Gasteiger partial charge in [0, 0.05) is 5.75 Å². The van der Waals surface area contributed by atoms with E-state index in [4.69, 9.17) is 21.8 Å². The maximum Gasteiger partial charge on any atom is 0.191 e. The Morgan fingerprint density at radius 1 is 1.38 bits per heavy atom. The lowest BCUT2D eigenvalue weighted by molar-refractivity contribution is 1.24. The second-order valence-corrected chi connectivity index (χ2v) is 3.95. The maximum absolute atomic E-state index is 8.61. The van der Waals surface area contributed by atoms with Gasteiger partial charge in [0.25, 0.3) is 0 Å². The fraction of sp³-hybridized carbons (Fsp3) is 0.100. The summed E-state index contributed by atoms with van der Waals surface area (Å²) >= 11 is 1.24. The summed E-state index contributed by atoms with van der Waals surface area (Å²) < 4.78 is 0. The molecule has 1 aromatic rings. The first-order chi connectivity index (χ1) is 7.61. The number of benzene rings is 1. The fourth-order valence-electron chi connectivity index (χ4n) is 0.989. The van der Waals surface area contributed by atoms with E-state index in [-0.39, 0.29) is 11.1 Å². The molecule has 0 saturated heterocycles. The van der Waals surface area contributed by atoms with Crippen LogP contribution in [0.25, 0.3) is 0 Å². The van der Waals surface area contributed by atoms with Crippen LogP contribution in [0.2, 0.25) is 0 Å². The van der Waals surface area contributed by atoms with Crippen LogP contribution in [-0.4, -0.2) is 11.1 Å². The molecule has 0 spiro atoms. The molecule has 0 aliphatic heterocycles. The molecule has 1 rings (SSSR count). The molecule has 0 aliphatic carbocycles. The Balaban J connectivity index is 2.46. The second-order valence-electron chi connectivity index (χ2n) is 2.97. The third kappa shape index (κ3) is 4.02. The summed E-state index contributed by atoms with van der Waals surface area (Å²) in [5, 5.41) is 25.5. The number of guanidine groups is 1. The van der Waals surface area contributed by atoms with Gasteiger partial charge in [-0.1, -0.05) is 23.9 Å². The van der Waals surface area contributed by atoms with Gasteiger partial charge in [-0.15, -0.1) is 0 Å². The molecule has 1 aromatic carbocycles. The SMILES string of the molecule is N#Cc1ccc(CSC(=N)NC(=N)N)cc1. The fourth-order valence-corrected chi connectivity index (χ4v) is 1.67. The Bertz CT molecular complexity index is 432. The first kappa shape index (κ1) is 12.1. The molecule has 0 fully saturated rings. The highest BCUT2D eigenvalue weighted by molar-refractivity contribution is 8.13. The highest BCUT2D eigenvalue weighted by Crippen LogP contribution is 2.12. The molecule has 0 aromatic heterocycles. The molecule has 0 saturated carbocycles. The van der Waals surface area contributed by atoms with Crippen LogP contribution in [-0.2, 0) is 5.75 Å². The summed E-state index contributed by atoms with van der Waals surface area (Å²) in [4.78, 5) is 0. The number of nitrogens with one attached hydrogen (secondary N) is 3. The first-order valence-corrected chi connectivity index (χ1v) is 5.42. The van der Waals surface area contributed by atoms with Crippen molar-refractivity contribution >= 4 is 22.9 Å². The van der Waals surface area contributed by atoms with E-state index >= 15 is 0 Å². The molecule has 82 valence electrons. The number of hydrogen-bond acceptors (Lipinski definition) is 4. The van der Waals surface area contributed by atoms with Gasteiger partial charge < -0.3 is 11.1 Å². The van der Waals surface area contributed by atoms with Crippen molar-refractivity contribution in [2.24, 2.45) is 5.73 Å². The first-order valence-electron chi connectivity index (χ1n) is 4.43. The summed E-state index contributed by atoms with van der Waals surface area (Å²) in [6, 6.07) is 9.19. The van der Waals surface area contributed by atoms with E-state index in [2.05, 4.69) is 5.32 Å². The van der Waals surface area contributed by atoms with Crippen molar-refractivity contribution < 1.29 is 0 Å². The van der Waals surface area contributed by atoms with Gasteiger partial charge in [0.2, 0.25) is 0 Å². The van der Waals surface area contributed by atoms with Gasteiger partial charge >= 0.3 is 0 Å². The Morgan fingerprint density at radius 3 is 2.50 bits per heavy atom. The Kier molecular flexibility index (Phi) is 4.36. The molecular weight excluding hydrogens is 222 g/mol. The van der Waals surface area contributed by atoms with Crippen molar-refractivity contribution in [3.8, 4) is 6.07 Å². The Morgan fingerprint density at radius 2 is 2.00 bits per heavy atom. The molecule has 16 heavy (non-hydrogen) atoms. The van der Waals surface area contributed by atoms with Crippen molar-refractivity contribution in [1.82, 2.24) is 5.32 Å².